The quantitative estimate of drug-likeness (QED) is 0.447. The monoisotopic (exact) mass is 222 g/mol. The fraction of sp³-hybridized carbons (Fsp3) is 1.00. The minimum absolute atomic E-state index is 0.196. The van der Waals surface area contributed by atoms with Gasteiger partial charge in [-0.2, -0.15) is 0 Å². The van der Waals surface area contributed by atoms with Gasteiger partial charge in [-0.25, -0.2) is 0 Å². The zero-order valence-corrected chi connectivity index (χ0v) is 8.60. The van der Waals surface area contributed by atoms with E-state index in [2.05, 4.69) is 0 Å². The Balaban J connectivity index is 2.39. The molecule has 3 aliphatic heterocycles. The van der Waals surface area contributed by atoms with Crippen molar-refractivity contribution >= 4 is 7.14 Å². The summed E-state index contributed by atoms with van der Waals surface area (Å²) in [5, 5.41) is 38.0. The van der Waals surface area contributed by atoms with E-state index in [-0.39, 0.29) is 25.9 Å². The first-order valence-electron chi connectivity index (χ1n) is 4.69. The van der Waals surface area contributed by atoms with Crippen LogP contribution in [0.25, 0.3) is 0 Å². The minimum atomic E-state index is -3.30. The van der Waals surface area contributed by atoms with Gasteiger partial charge in [0.15, 0.2) is 7.14 Å². The zero-order chi connectivity index (χ0) is 10.6. The van der Waals surface area contributed by atoms with Gasteiger partial charge < -0.3 is 25.0 Å². The lowest BCUT2D eigenvalue weighted by Gasteiger charge is -2.52. The van der Waals surface area contributed by atoms with Gasteiger partial charge in [-0.3, -0.25) is 0 Å². The van der Waals surface area contributed by atoms with E-state index < -0.39 is 30.1 Å². The molecule has 0 radical (unpaired) electrons. The molecule has 14 heavy (non-hydrogen) atoms. The van der Waals surface area contributed by atoms with Crippen molar-refractivity contribution < 1.29 is 25.0 Å². The molecular formula is C8H15O5P. The third-order valence-electron chi connectivity index (χ3n) is 3.58. The first-order valence-corrected chi connectivity index (χ1v) is 6.60. The standard InChI is InChI=1S/C8H15O5P/c9-4-8-1-5(10)14(13,6(11)2-8)7(12)3-8/h5-7,9-12H,1-4H2. The summed E-state index contributed by atoms with van der Waals surface area (Å²) in [7, 11) is -3.30. The average molecular weight is 222 g/mol. The molecule has 3 fully saturated rings. The first kappa shape index (κ1) is 10.6. The van der Waals surface area contributed by atoms with Crippen molar-refractivity contribution in [3.8, 4) is 0 Å². The minimum Gasteiger partial charge on any atom is -0.396 e. The van der Waals surface area contributed by atoms with E-state index in [0.29, 0.717) is 0 Å². The van der Waals surface area contributed by atoms with Crippen LogP contribution in [0.1, 0.15) is 19.3 Å². The Labute approximate surface area is 81.7 Å². The number of hydrogen-bond acceptors (Lipinski definition) is 5. The number of fused-ring (bicyclic) bond motifs is 3. The Hall–Kier alpha value is 0.0700. The van der Waals surface area contributed by atoms with E-state index in [1.807, 2.05) is 0 Å². The molecule has 2 bridgehead atoms. The molecule has 3 unspecified atom stereocenters. The van der Waals surface area contributed by atoms with E-state index >= 15 is 0 Å². The van der Waals surface area contributed by atoms with Gasteiger partial charge in [-0.1, -0.05) is 0 Å². The second-order valence-electron chi connectivity index (χ2n) is 4.48. The Kier molecular flexibility index (Phi) is 2.29. The number of rotatable bonds is 1. The largest absolute Gasteiger partial charge is 0.396 e. The maximum absolute atomic E-state index is 12.1. The van der Waals surface area contributed by atoms with Crippen molar-refractivity contribution in [2.75, 3.05) is 6.61 Å². The summed E-state index contributed by atoms with van der Waals surface area (Å²) in [5.74, 6) is -3.49. The smallest absolute Gasteiger partial charge is 0.168 e. The lowest BCUT2D eigenvalue weighted by atomic mass is 9.78. The highest BCUT2D eigenvalue weighted by molar-refractivity contribution is 7.65. The molecule has 0 spiro atoms. The fourth-order valence-electron chi connectivity index (χ4n) is 2.63. The van der Waals surface area contributed by atoms with Crippen molar-refractivity contribution in [3.63, 3.8) is 0 Å². The van der Waals surface area contributed by atoms with E-state index in [1.54, 1.807) is 0 Å². The molecule has 0 aromatic carbocycles. The summed E-state index contributed by atoms with van der Waals surface area (Å²) >= 11 is 0. The predicted molar refractivity (Wildman–Crippen MR) is 49.0 cm³/mol. The third kappa shape index (κ3) is 1.14. The van der Waals surface area contributed by atoms with Crippen LogP contribution < -0.4 is 0 Å². The van der Waals surface area contributed by atoms with Crippen LogP contribution in [0.2, 0.25) is 0 Å². The van der Waals surface area contributed by atoms with Gasteiger partial charge in [-0.05, 0) is 19.3 Å². The lowest BCUT2D eigenvalue weighted by Crippen LogP contribution is -2.50. The Morgan fingerprint density at radius 1 is 1.07 bits per heavy atom. The molecule has 4 N–H and O–H groups in total. The summed E-state index contributed by atoms with van der Waals surface area (Å²) in [6, 6.07) is 0. The predicted octanol–water partition coefficient (Wildman–Crippen LogP) is -0.519. The highest BCUT2D eigenvalue weighted by atomic mass is 31.2. The number of aliphatic hydroxyl groups excluding tert-OH is 4. The fourth-order valence-corrected chi connectivity index (χ4v) is 5.84. The SMILES string of the molecule is O=P12C(O)CC(CO)(CC1O)CC2O. The molecule has 0 aromatic heterocycles. The highest BCUT2D eigenvalue weighted by Crippen LogP contribution is 2.72. The normalized spacial score (nSPS) is 57.6. The Morgan fingerprint density at radius 3 is 1.71 bits per heavy atom. The zero-order valence-electron chi connectivity index (χ0n) is 7.70. The van der Waals surface area contributed by atoms with Crippen LogP contribution in [-0.4, -0.2) is 44.6 Å². The van der Waals surface area contributed by atoms with Crippen molar-refractivity contribution in [1.29, 1.82) is 0 Å². The Bertz CT molecular complexity index is 251. The molecule has 3 saturated heterocycles. The maximum atomic E-state index is 12.1. The molecule has 82 valence electrons. The molecular weight excluding hydrogens is 207 g/mol. The molecule has 6 heteroatoms. The third-order valence-corrected chi connectivity index (χ3v) is 6.92. The van der Waals surface area contributed by atoms with E-state index in [9.17, 15) is 25.0 Å². The molecule has 3 rings (SSSR count). The van der Waals surface area contributed by atoms with Crippen LogP contribution >= 0.6 is 7.14 Å². The van der Waals surface area contributed by atoms with Crippen LogP contribution in [0.4, 0.5) is 0 Å². The molecule has 5 nitrogen and oxygen atoms in total. The lowest BCUT2D eigenvalue weighted by molar-refractivity contribution is -0.0279. The summed E-state index contributed by atoms with van der Waals surface area (Å²) in [4.78, 5) is 0. The first-order chi connectivity index (χ1) is 6.44. The van der Waals surface area contributed by atoms with E-state index in [4.69, 9.17) is 0 Å². The van der Waals surface area contributed by atoms with Crippen LogP contribution in [-0.2, 0) is 4.57 Å². The van der Waals surface area contributed by atoms with Crippen LogP contribution in [0.5, 0.6) is 0 Å². The van der Waals surface area contributed by atoms with Crippen molar-refractivity contribution in [3.05, 3.63) is 0 Å². The van der Waals surface area contributed by atoms with Crippen molar-refractivity contribution in [2.45, 2.75) is 36.8 Å². The summed E-state index contributed by atoms with van der Waals surface area (Å²) in [6.07, 6.45) is 0.651. The van der Waals surface area contributed by atoms with Gasteiger partial charge in [0.2, 0.25) is 0 Å². The van der Waals surface area contributed by atoms with Crippen molar-refractivity contribution in [1.82, 2.24) is 0 Å². The molecule has 0 amide bonds. The van der Waals surface area contributed by atoms with Gasteiger partial charge in [-0.15, -0.1) is 0 Å². The molecule has 0 aliphatic carbocycles. The molecule has 0 saturated carbocycles. The van der Waals surface area contributed by atoms with Crippen LogP contribution in [0.15, 0.2) is 0 Å². The second kappa shape index (κ2) is 3.03. The Morgan fingerprint density at radius 2 is 1.43 bits per heavy atom. The van der Waals surface area contributed by atoms with Gasteiger partial charge in [0, 0.05) is 12.0 Å². The van der Waals surface area contributed by atoms with E-state index in [1.165, 1.54) is 0 Å². The van der Waals surface area contributed by atoms with Crippen LogP contribution in [0, 0.1) is 5.41 Å². The summed E-state index contributed by atoms with van der Waals surface area (Å²) in [6.45, 7) is -0.196. The van der Waals surface area contributed by atoms with Gasteiger partial charge in [0.25, 0.3) is 0 Å². The number of aliphatic hydroxyl groups is 4. The second-order valence-corrected chi connectivity index (χ2v) is 7.79. The van der Waals surface area contributed by atoms with Gasteiger partial charge in [0.05, 0.1) is 0 Å². The van der Waals surface area contributed by atoms with Gasteiger partial charge in [0.1, 0.15) is 17.5 Å². The topological polar surface area (TPSA) is 98.0 Å². The van der Waals surface area contributed by atoms with Gasteiger partial charge >= 0.3 is 0 Å². The molecule has 3 aliphatic rings. The summed E-state index contributed by atoms with van der Waals surface area (Å²) in [5.41, 5.74) is -0.648. The van der Waals surface area contributed by atoms with E-state index in [0.717, 1.165) is 0 Å². The molecule has 0 aromatic rings. The summed E-state index contributed by atoms with van der Waals surface area (Å²) < 4.78 is 12.1. The molecule has 3 atom stereocenters. The molecule has 3 heterocycles. The highest BCUT2D eigenvalue weighted by Gasteiger charge is 2.61. The maximum Gasteiger partial charge on any atom is 0.168 e. The average Bonchev–Trinajstić information content (AvgIpc) is 2.11. The number of hydrogen-bond donors (Lipinski definition) is 4. The van der Waals surface area contributed by atoms with Crippen molar-refractivity contribution in [2.24, 2.45) is 5.41 Å². The van der Waals surface area contributed by atoms with Crippen LogP contribution in [0.3, 0.4) is 0 Å².